The quantitative estimate of drug-likeness (QED) is 0.171. The van der Waals surface area contributed by atoms with Crippen molar-refractivity contribution in [2.24, 2.45) is 5.92 Å². The molecule has 0 spiro atoms. The molecule has 3 atom stereocenters. The number of fused-ring (bicyclic) bond motifs is 2. The smallest absolute Gasteiger partial charge is 0.338 e. The number of thioether (sulfide) groups is 1. The Morgan fingerprint density at radius 3 is 2.19 bits per heavy atom. The van der Waals surface area contributed by atoms with Gasteiger partial charge in [0.15, 0.2) is 0 Å². The van der Waals surface area contributed by atoms with Gasteiger partial charge in [0.1, 0.15) is 17.6 Å². The predicted molar refractivity (Wildman–Crippen MR) is 183 cm³/mol. The summed E-state index contributed by atoms with van der Waals surface area (Å²) in [7, 11) is 0. The number of hydrogen-bond donors (Lipinski definition) is 1. The Balaban J connectivity index is 1.38. The van der Waals surface area contributed by atoms with E-state index in [1.54, 1.807) is 19.1 Å². The number of hydrogen-bond acceptors (Lipinski definition) is 9. The topological polar surface area (TPSA) is 118 Å². The van der Waals surface area contributed by atoms with E-state index in [1.165, 1.54) is 41.0 Å². The fourth-order valence-corrected chi connectivity index (χ4v) is 8.96. The molecule has 0 bridgehead atoms. The fraction of sp³-hybridized carbons (Fsp3) is 0.286. The predicted octanol–water partition coefficient (Wildman–Crippen LogP) is 5.51. The Bertz CT molecular complexity index is 1920. The van der Waals surface area contributed by atoms with Gasteiger partial charge in [0.05, 0.1) is 28.8 Å². The molecule has 3 aromatic carbocycles. The number of ether oxygens (including phenoxy) is 1. The lowest BCUT2D eigenvalue weighted by Crippen LogP contribution is -2.33. The van der Waals surface area contributed by atoms with Crippen LogP contribution in [-0.2, 0) is 25.7 Å². The molecule has 0 aliphatic carbocycles. The van der Waals surface area contributed by atoms with Gasteiger partial charge in [-0.05, 0) is 87.0 Å². The molecular weight excluding hydrogens is 656 g/mol. The van der Waals surface area contributed by atoms with E-state index in [9.17, 15) is 28.4 Å². The third-order valence-electron chi connectivity index (χ3n) is 8.50. The minimum atomic E-state index is -0.873. The van der Waals surface area contributed by atoms with E-state index < -0.39 is 51.5 Å². The SMILES string of the molecule is CCOC(=O)c1ccc(N2C(=O)[C@H]3[C@H](c4ccc(N(CC)CC)cc4)c4sc(=O)n(CC(=O)Nc5ccc(F)cc5)c4S[C@H]3C2=O)cc1. The normalized spacial score (nSPS) is 18.3. The van der Waals surface area contributed by atoms with Crippen LogP contribution in [0, 0.1) is 11.7 Å². The van der Waals surface area contributed by atoms with Gasteiger partial charge in [-0.25, -0.2) is 14.1 Å². The third-order valence-corrected chi connectivity index (χ3v) is 11.1. The van der Waals surface area contributed by atoms with Crippen molar-refractivity contribution < 1.29 is 28.3 Å². The summed E-state index contributed by atoms with van der Waals surface area (Å²) in [6, 6.07) is 19.2. The van der Waals surface area contributed by atoms with E-state index in [1.807, 2.05) is 24.3 Å². The molecule has 3 amide bonds. The molecule has 3 heterocycles. The minimum Gasteiger partial charge on any atom is -0.462 e. The zero-order valence-corrected chi connectivity index (χ0v) is 28.1. The van der Waals surface area contributed by atoms with Crippen LogP contribution in [0.15, 0.2) is 82.6 Å². The zero-order valence-electron chi connectivity index (χ0n) is 26.5. The van der Waals surface area contributed by atoms with E-state index in [0.717, 1.165) is 52.3 Å². The van der Waals surface area contributed by atoms with Crippen molar-refractivity contribution in [3.8, 4) is 0 Å². The summed E-state index contributed by atoms with van der Waals surface area (Å²) in [5.74, 6) is -3.76. The fourth-order valence-electron chi connectivity index (χ4n) is 6.19. The molecular formula is C35H33FN4O6S2. The first kappa shape index (κ1) is 33.2. The van der Waals surface area contributed by atoms with E-state index in [2.05, 4.69) is 24.1 Å². The second kappa shape index (κ2) is 13.8. The number of rotatable bonds is 10. The van der Waals surface area contributed by atoms with Crippen LogP contribution in [-0.4, -0.2) is 53.2 Å². The first-order valence-corrected chi connectivity index (χ1v) is 17.3. The van der Waals surface area contributed by atoms with Gasteiger partial charge in [-0.1, -0.05) is 35.2 Å². The van der Waals surface area contributed by atoms with Gasteiger partial charge in [-0.2, -0.15) is 0 Å². The number of thiazole rings is 1. The highest BCUT2D eigenvalue weighted by atomic mass is 32.2. The van der Waals surface area contributed by atoms with Gasteiger partial charge in [0, 0.05) is 35.3 Å². The average molecular weight is 689 g/mol. The number of nitrogens with one attached hydrogen (secondary N) is 1. The summed E-state index contributed by atoms with van der Waals surface area (Å²) in [5, 5.41) is 2.27. The molecule has 6 rings (SSSR count). The van der Waals surface area contributed by atoms with Crippen molar-refractivity contribution in [2.45, 2.75) is 43.5 Å². The molecule has 1 fully saturated rings. The highest BCUT2D eigenvalue weighted by Crippen LogP contribution is 2.54. The molecule has 0 unspecified atom stereocenters. The lowest BCUT2D eigenvalue weighted by Gasteiger charge is -2.31. The maximum Gasteiger partial charge on any atom is 0.338 e. The lowest BCUT2D eigenvalue weighted by atomic mass is 9.83. The van der Waals surface area contributed by atoms with Crippen molar-refractivity contribution in [3.05, 3.63) is 104 Å². The third kappa shape index (κ3) is 6.15. The molecule has 0 radical (unpaired) electrons. The number of benzene rings is 3. The van der Waals surface area contributed by atoms with Gasteiger partial charge in [0.2, 0.25) is 17.7 Å². The Morgan fingerprint density at radius 1 is 0.896 bits per heavy atom. The molecule has 1 N–H and O–H groups in total. The van der Waals surface area contributed by atoms with E-state index in [0.29, 0.717) is 26.8 Å². The molecule has 248 valence electrons. The van der Waals surface area contributed by atoms with Crippen LogP contribution in [0.5, 0.6) is 0 Å². The molecule has 1 saturated heterocycles. The van der Waals surface area contributed by atoms with Crippen molar-refractivity contribution in [1.82, 2.24) is 4.57 Å². The second-order valence-electron chi connectivity index (χ2n) is 11.3. The molecule has 4 aromatic rings. The van der Waals surface area contributed by atoms with Crippen LogP contribution >= 0.6 is 23.1 Å². The number of carbonyl (C=O) groups is 4. The molecule has 2 aliphatic rings. The molecule has 13 heteroatoms. The van der Waals surface area contributed by atoms with Crippen LogP contribution < -0.4 is 20.0 Å². The summed E-state index contributed by atoms with van der Waals surface area (Å²) in [5.41, 5.74) is 2.77. The van der Waals surface area contributed by atoms with E-state index in [4.69, 9.17) is 4.74 Å². The Labute approximate surface area is 284 Å². The highest BCUT2D eigenvalue weighted by Gasteiger charge is 2.56. The Hall–Kier alpha value is -4.75. The average Bonchev–Trinajstić information content (AvgIpc) is 3.53. The van der Waals surface area contributed by atoms with Gasteiger partial charge >= 0.3 is 10.8 Å². The first-order chi connectivity index (χ1) is 23.1. The van der Waals surface area contributed by atoms with Gasteiger partial charge in [0.25, 0.3) is 0 Å². The number of nitrogens with zero attached hydrogens (tertiary/aromatic N) is 3. The van der Waals surface area contributed by atoms with Crippen LogP contribution in [0.2, 0.25) is 0 Å². The van der Waals surface area contributed by atoms with Crippen LogP contribution in [0.3, 0.4) is 0 Å². The highest BCUT2D eigenvalue weighted by molar-refractivity contribution is 8.00. The Morgan fingerprint density at radius 2 is 1.56 bits per heavy atom. The number of anilines is 3. The molecule has 1 aromatic heterocycles. The molecule has 0 saturated carbocycles. The lowest BCUT2D eigenvalue weighted by molar-refractivity contribution is -0.122. The van der Waals surface area contributed by atoms with Gasteiger partial charge in [-0.15, -0.1) is 0 Å². The number of imide groups is 1. The van der Waals surface area contributed by atoms with Crippen molar-refractivity contribution >= 4 is 63.9 Å². The van der Waals surface area contributed by atoms with Crippen LogP contribution in [0.4, 0.5) is 21.5 Å². The molecule has 10 nitrogen and oxygen atoms in total. The number of halogens is 1. The standard InChI is InChI=1S/C35H33FN4O6S2/c1-4-38(5-2)24-15-7-20(8-16-24)27-28-29(32(43)40(31(28)42)25-17-9-21(10-18-25)34(44)46-6-3)47-33-30(27)48-35(45)39(33)19-26(41)37-23-13-11-22(36)12-14-23/h7-18,27-29H,4-6,19H2,1-3H3,(H,37,41)/t27-,28-,29+/m0/s1. The summed E-state index contributed by atoms with van der Waals surface area (Å²) < 4.78 is 19.8. The van der Waals surface area contributed by atoms with E-state index >= 15 is 0 Å². The van der Waals surface area contributed by atoms with E-state index in [-0.39, 0.29) is 13.2 Å². The van der Waals surface area contributed by atoms with Crippen LogP contribution in [0.25, 0.3) is 0 Å². The zero-order chi connectivity index (χ0) is 34.1. The molecule has 48 heavy (non-hydrogen) atoms. The van der Waals surface area contributed by atoms with Gasteiger partial charge < -0.3 is 15.0 Å². The summed E-state index contributed by atoms with van der Waals surface area (Å²) in [6.45, 7) is 7.34. The van der Waals surface area contributed by atoms with Gasteiger partial charge in [-0.3, -0.25) is 23.7 Å². The first-order valence-electron chi connectivity index (χ1n) is 15.6. The van der Waals surface area contributed by atoms with Crippen molar-refractivity contribution in [3.63, 3.8) is 0 Å². The minimum absolute atomic E-state index is 0.213. The molecule has 2 aliphatic heterocycles. The summed E-state index contributed by atoms with van der Waals surface area (Å²) in [6.07, 6.45) is 0. The summed E-state index contributed by atoms with van der Waals surface area (Å²) in [4.78, 5) is 70.6. The monoisotopic (exact) mass is 688 g/mol. The van der Waals surface area contributed by atoms with Crippen molar-refractivity contribution in [1.29, 1.82) is 0 Å². The maximum atomic E-state index is 14.3. The number of amides is 3. The second-order valence-corrected chi connectivity index (χ2v) is 13.4. The van der Waals surface area contributed by atoms with Crippen LogP contribution in [0.1, 0.15) is 47.5 Å². The number of carbonyl (C=O) groups excluding carboxylic acids is 4. The largest absolute Gasteiger partial charge is 0.462 e. The van der Waals surface area contributed by atoms with Crippen molar-refractivity contribution in [2.75, 3.05) is 34.8 Å². The number of esters is 1. The number of aromatic nitrogens is 1. The Kier molecular flexibility index (Phi) is 9.51. The maximum absolute atomic E-state index is 14.3. The summed E-state index contributed by atoms with van der Waals surface area (Å²) >= 11 is 2.07.